The maximum Gasteiger partial charge on any atom is 0.451 e. The van der Waals surface area contributed by atoms with Gasteiger partial charge < -0.3 is 15.6 Å². The van der Waals surface area contributed by atoms with Crippen LogP contribution < -0.4 is 10.6 Å². The number of alkyl halides is 3. The van der Waals surface area contributed by atoms with Gasteiger partial charge in [0.05, 0.1) is 6.33 Å². The van der Waals surface area contributed by atoms with Gasteiger partial charge in [-0.2, -0.15) is 13.2 Å². The third kappa shape index (κ3) is 2.53. The van der Waals surface area contributed by atoms with E-state index in [-0.39, 0.29) is 17.5 Å². The first-order valence-corrected chi connectivity index (χ1v) is 6.75. The molecule has 1 fully saturated rings. The maximum atomic E-state index is 12.9. The largest absolute Gasteiger partial charge is 0.451 e. The Balaban J connectivity index is 2.13. The van der Waals surface area contributed by atoms with Crippen molar-refractivity contribution in [1.82, 2.24) is 19.9 Å². The Hall–Kier alpha value is -1.90. The minimum Gasteiger partial charge on any atom is -0.350 e. The molecule has 1 aliphatic rings. The number of nitrogens with one attached hydrogen (secondary N) is 1. The highest BCUT2D eigenvalue weighted by molar-refractivity contribution is 5.83. The SMILES string of the molecule is NCC1CCCCN1c1nc(C(F)(F)F)nc2nc[nH]c12. The van der Waals surface area contributed by atoms with E-state index in [2.05, 4.69) is 19.9 Å². The van der Waals surface area contributed by atoms with Gasteiger partial charge in [0.1, 0.15) is 5.52 Å². The average molecular weight is 300 g/mol. The topological polar surface area (TPSA) is 83.7 Å². The van der Waals surface area contributed by atoms with Crippen molar-refractivity contribution in [3.8, 4) is 0 Å². The fraction of sp³-hybridized carbons (Fsp3) is 0.583. The number of hydrogen-bond acceptors (Lipinski definition) is 5. The van der Waals surface area contributed by atoms with E-state index in [0.717, 1.165) is 19.3 Å². The van der Waals surface area contributed by atoms with Crippen LogP contribution in [0.2, 0.25) is 0 Å². The number of rotatable bonds is 2. The van der Waals surface area contributed by atoms with Gasteiger partial charge in [0, 0.05) is 19.1 Å². The fourth-order valence-electron chi connectivity index (χ4n) is 2.68. The zero-order valence-electron chi connectivity index (χ0n) is 11.2. The van der Waals surface area contributed by atoms with E-state index in [0.29, 0.717) is 18.6 Å². The first-order chi connectivity index (χ1) is 10.0. The van der Waals surface area contributed by atoms with Crippen LogP contribution in [0.4, 0.5) is 19.0 Å². The Morgan fingerprint density at radius 2 is 2.14 bits per heavy atom. The summed E-state index contributed by atoms with van der Waals surface area (Å²) in [6.45, 7) is 1.01. The van der Waals surface area contributed by atoms with Gasteiger partial charge in [0.25, 0.3) is 0 Å². The lowest BCUT2D eigenvalue weighted by atomic mass is 10.0. The van der Waals surface area contributed by atoms with Crippen molar-refractivity contribution >= 4 is 17.0 Å². The van der Waals surface area contributed by atoms with Gasteiger partial charge in [-0.25, -0.2) is 15.0 Å². The lowest BCUT2D eigenvalue weighted by Crippen LogP contribution is -2.45. The van der Waals surface area contributed by atoms with Crippen LogP contribution in [0.5, 0.6) is 0 Å². The molecule has 0 amide bonds. The standard InChI is InChI=1S/C12H15F3N6/c13-12(14,15)11-19-9-8(17-6-18-9)10(20-11)21-4-2-1-3-7(21)5-16/h6-7H,1-5,16H2,(H,17,18,19,20). The first-order valence-electron chi connectivity index (χ1n) is 6.75. The molecule has 1 atom stereocenters. The van der Waals surface area contributed by atoms with E-state index >= 15 is 0 Å². The molecule has 3 N–H and O–H groups in total. The molecule has 2 aromatic heterocycles. The minimum atomic E-state index is -4.60. The van der Waals surface area contributed by atoms with Gasteiger partial charge >= 0.3 is 6.18 Å². The molecule has 0 radical (unpaired) electrons. The van der Waals surface area contributed by atoms with Crippen molar-refractivity contribution in [2.75, 3.05) is 18.0 Å². The highest BCUT2D eigenvalue weighted by atomic mass is 19.4. The molecule has 114 valence electrons. The molecule has 3 rings (SSSR count). The van der Waals surface area contributed by atoms with Crippen LogP contribution in [0.3, 0.4) is 0 Å². The summed E-state index contributed by atoms with van der Waals surface area (Å²) in [6, 6.07) is -0.0127. The number of nitrogens with two attached hydrogens (primary N) is 1. The predicted molar refractivity (Wildman–Crippen MR) is 70.7 cm³/mol. The lowest BCUT2D eigenvalue weighted by Gasteiger charge is -2.36. The van der Waals surface area contributed by atoms with Crippen molar-refractivity contribution in [3.05, 3.63) is 12.2 Å². The molecule has 9 heteroatoms. The fourth-order valence-corrected chi connectivity index (χ4v) is 2.68. The summed E-state index contributed by atoms with van der Waals surface area (Å²) in [6.07, 6.45) is -0.517. The van der Waals surface area contributed by atoms with Crippen LogP contribution in [0, 0.1) is 0 Å². The monoisotopic (exact) mass is 300 g/mol. The van der Waals surface area contributed by atoms with Crippen molar-refractivity contribution in [1.29, 1.82) is 0 Å². The van der Waals surface area contributed by atoms with Gasteiger partial charge in [0.2, 0.25) is 5.82 Å². The quantitative estimate of drug-likeness (QED) is 0.881. The summed E-state index contributed by atoms with van der Waals surface area (Å²) >= 11 is 0. The molecule has 1 aliphatic heterocycles. The minimum absolute atomic E-state index is 0.0127. The number of H-pyrrole nitrogens is 1. The number of anilines is 1. The average Bonchev–Trinajstić information content (AvgIpc) is 2.93. The van der Waals surface area contributed by atoms with Crippen LogP contribution in [-0.2, 0) is 6.18 Å². The third-order valence-corrected chi connectivity index (χ3v) is 3.69. The number of hydrogen-bond donors (Lipinski definition) is 2. The maximum absolute atomic E-state index is 12.9. The normalized spacial score (nSPS) is 20.2. The molecule has 3 heterocycles. The highest BCUT2D eigenvalue weighted by Gasteiger charge is 2.37. The summed E-state index contributed by atoms with van der Waals surface area (Å²) in [7, 11) is 0. The van der Waals surface area contributed by atoms with Crippen molar-refractivity contribution in [2.24, 2.45) is 5.73 Å². The zero-order chi connectivity index (χ0) is 15.0. The molecule has 0 bridgehead atoms. The Morgan fingerprint density at radius 3 is 2.86 bits per heavy atom. The molecule has 0 aliphatic carbocycles. The lowest BCUT2D eigenvalue weighted by molar-refractivity contribution is -0.144. The molecule has 0 spiro atoms. The summed E-state index contributed by atoms with van der Waals surface area (Å²) in [5.74, 6) is -0.932. The number of fused-ring (bicyclic) bond motifs is 1. The smallest absolute Gasteiger partial charge is 0.350 e. The van der Waals surface area contributed by atoms with Crippen LogP contribution in [0.1, 0.15) is 25.1 Å². The summed E-state index contributed by atoms with van der Waals surface area (Å²) in [5.41, 5.74) is 6.18. The van der Waals surface area contributed by atoms with E-state index in [1.165, 1.54) is 6.33 Å². The van der Waals surface area contributed by atoms with Crippen LogP contribution in [0.25, 0.3) is 11.2 Å². The van der Waals surface area contributed by atoms with Gasteiger partial charge in [-0.3, -0.25) is 0 Å². The second-order valence-electron chi connectivity index (χ2n) is 5.05. The predicted octanol–water partition coefficient (Wildman–Crippen LogP) is 1.69. The van der Waals surface area contributed by atoms with Crippen LogP contribution >= 0.6 is 0 Å². The molecule has 1 unspecified atom stereocenters. The molecule has 1 saturated heterocycles. The third-order valence-electron chi connectivity index (χ3n) is 3.69. The number of imidazole rings is 1. The van der Waals surface area contributed by atoms with E-state index in [4.69, 9.17) is 5.73 Å². The van der Waals surface area contributed by atoms with Gasteiger partial charge in [-0.05, 0) is 19.3 Å². The molecule has 0 saturated carbocycles. The van der Waals surface area contributed by atoms with Crippen LogP contribution in [0.15, 0.2) is 6.33 Å². The Bertz CT molecular complexity index is 637. The zero-order valence-corrected chi connectivity index (χ0v) is 11.2. The first kappa shape index (κ1) is 14.1. The number of piperidine rings is 1. The van der Waals surface area contributed by atoms with E-state index in [1.807, 2.05) is 4.90 Å². The number of aromatic nitrogens is 4. The van der Waals surface area contributed by atoms with Crippen LogP contribution in [-0.4, -0.2) is 39.1 Å². The van der Waals surface area contributed by atoms with E-state index in [9.17, 15) is 13.2 Å². The van der Waals surface area contributed by atoms with Crippen molar-refractivity contribution < 1.29 is 13.2 Å². The Labute approximate surface area is 118 Å². The van der Waals surface area contributed by atoms with Crippen molar-refractivity contribution in [3.63, 3.8) is 0 Å². The van der Waals surface area contributed by atoms with Gasteiger partial charge in [-0.1, -0.05) is 0 Å². The second kappa shape index (κ2) is 5.14. The Morgan fingerprint density at radius 1 is 1.33 bits per heavy atom. The molecule has 6 nitrogen and oxygen atoms in total. The number of aromatic amines is 1. The summed E-state index contributed by atoms with van der Waals surface area (Å²) in [4.78, 5) is 15.7. The second-order valence-corrected chi connectivity index (χ2v) is 5.05. The van der Waals surface area contributed by atoms with E-state index in [1.54, 1.807) is 0 Å². The summed E-state index contributed by atoms with van der Waals surface area (Å²) in [5, 5.41) is 0. The molecule has 0 aromatic carbocycles. The van der Waals surface area contributed by atoms with Crippen molar-refractivity contribution in [2.45, 2.75) is 31.5 Å². The summed E-state index contributed by atoms with van der Waals surface area (Å²) < 4.78 is 38.8. The number of nitrogens with zero attached hydrogens (tertiary/aromatic N) is 4. The van der Waals surface area contributed by atoms with E-state index < -0.39 is 12.0 Å². The molecular formula is C12H15F3N6. The molecule has 2 aromatic rings. The Kier molecular flexibility index (Phi) is 3.44. The molecular weight excluding hydrogens is 285 g/mol. The van der Waals surface area contributed by atoms with Gasteiger partial charge in [-0.15, -0.1) is 0 Å². The number of halogens is 3. The highest BCUT2D eigenvalue weighted by Crippen LogP contribution is 2.32. The van der Waals surface area contributed by atoms with Gasteiger partial charge in [0.15, 0.2) is 11.5 Å². The molecule has 21 heavy (non-hydrogen) atoms.